The van der Waals surface area contributed by atoms with Gasteiger partial charge in [0, 0.05) is 0 Å². The average Bonchev–Trinajstić information content (AvgIpc) is 2.47. The Hall–Kier alpha value is -1.57. The fraction of sp³-hybridized carbons (Fsp3) is 0.250. The number of benzene rings is 2. The van der Waals surface area contributed by atoms with E-state index in [4.69, 9.17) is 9.05 Å². The summed E-state index contributed by atoms with van der Waals surface area (Å²) in [6.07, 6.45) is 1.82. The fourth-order valence-corrected chi connectivity index (χ4v) is 2.78. The zero-order valence-electron chi connectivity index (χ0n) is 11.7. The summed E-state index contributed by atoms with van der Waals surface area (Å²) in [5, 5.41) is 0. The SMILES string of the molecule is CCc1cccc(OP(O)Oc2ccccc2)c1CC. The number of aryl methyl sites for hydroxylation is 1. The van der Waals surface area contributed by atoms with Gasteiger partial charge in [-0.3, -0.25) is 0 Å². The lowest BCUT2D eigenvalue weighted by molar-refractivity contribution is 0.380. The molecule has 2 aromatic rings. The van der Waals surface area contributed by atoms with Crippen LogP contribution in [0.1, 0.15) is 25.0 Å². The third-order valence-electron chi connectivity index (χ3n) is 3.07. The first-order valence-electron chi connectivity index (χ1n) is 6.75. The van der Waals surface area contributed by atoms with E-state index in [2.05, 4.69) is 19.9 Å². The molecule has 0 saturated carbocycles. The lowest BCUT2D eigenvalue weighted by Gasteiger charge is -2.16. The van der Waals surface area contributed by atoms with E-state index in [1.54, 1.807) is 12.1 Å². The van der Waals surface area contributed by atoms with Gasteiger partial charge in [0.25, 0.3) is 0 Å². The van der Waals surface area contributed by atoms with Gasteiger partial charge in [-0.25, -0.2) is 0 Å². The van der Waals surface area contributed by atoms with E-state index in [1.807, 2.05) is 30.3 Å². The Bertz CT molecular complexity index is 543. The predicted molar refractivity (Wildman–Crippen MR) is 82.0 cm³/mol. The molecule has 0 spiro atoms. The van der Waals surface area contributed by atoms with Crippen molar-refractivity contribution in [3.8, 4) is 11.5 Å². The molecule has 2 aromatic carbocycles. The van der Waals surface area contributed by atoms with Gasteiger partial charge in [-0.05, 0) is 42.2 Å². The number of hydrogen-bond acceptors (Lipinski definition) is 3. The molecule has 0 aromatic heterocycles. The van der Waals surface area contributed by atoms with Crippen LogP contribution >= 0.6 is 8.60 Å². The highest BCUT2D eigenvalue weighted by atomic mass is 31.2. The molecule has 0 aliphatic heterocycles. The van der Waals surface area contributed by atoms with E-state index in [9.17, 15) is 4.89 Å². The maximum atomic E-state index is 9.96. The first-order valence-corrected chi connectivity index (χ1v) is 7.88. The van der Waals surface area contributed by atoms with Crippen molar-refractivity contribution < 1.29 is 13.9 Å². The lowest BCUT2D eigenvalue weighted by Crippen LogP contribution is -1.99. The predicted octanol–water partition coefficient (Wildman–Crippen LogP) is 4.49. The Morgan fingerprint density at radius 3 is 2.30 bits per heavy atom. The molecule has 3 nitrogen and oxygen atoms in total. The van der Waals surface area contributed by atoms with Crippen molar-refractivity contribution in [2.24, 2.45) is 0 Å². The van der Waals surface area contributed by atoms with Crippen LogP contribution in [0.25, 0.3) is 0 Å². The van der Waals surface area contributed by atoms with Crippen LogP contribution in [-0.2, 0) is 12.8 Å². The molecule has 1 unspecified atom stereocenters. The topological polar surface area (TPSA) is 38.7 Å². The fourth-order valence-electron chi connectivity index (χ4n) is 2.10. The molecule has 0 bridgehead atoms. The molecular formula is C16H19O3P. The highest BCUT2D eigenvalue weighted by molar-refractivity contribution is 7.41. The van der Waals surface area contributed by atoms with E-state index >= 15 is 0 Å². The Labute approximate surface area is 121 Å². The summed E-state index contributed by atoms with van der Waals surface area (Å²) in [6, 6.07) is 15.1. The molecule has 4 heteroatoms. The molecule has 0 saturated heterocycles. The van der Waals surface area contributed by atoms with E-state index in [0.717, 1.165) is 18.4 Å². The first-order chi connectivity index (χ1) is 9.74. The van der Waals surface area contributed by atoms with Gasteiger partial charge >= 0.3 is 8.60 Å². The van der Waals surface area contributed by atoms with Crippen molar-refractivity contribution in [2.75, 3.05) is 0 Å². The molecule has 0 amide bonds. The molecule has 20 heavy (non-hydrogen) atoms. The third-order valence-corrected chi connectivity index (χ3v) is 3.79. The van der Waals surface area contributed by atoms with Crippen LogP contribution in [0, 0.1) is 0 Å². The Kier molecular flexibility index (Phi) is 5.40. The van der Waals surface area contributed by atoms with Gasteiger partial charge in [0.2, 0.25) is 0 Å². The minimum atomic E-state index is -1.97. The molecule has 106 valence electrons. The van der Waals surface area contributed by atoms with Gasteiger partial charge in [0.15, 0.2) is 0 Å². The largest absolute Gasteiger partial charge is 0.460 e. The van der Waals surface area contributed by atoms with E-state index in [1.165, 1.54) is 5.56 Å². The zero-order valence-corrected chi connectivity index (χ0v) is 12.6. The smallest absolute Gasteiger partial charge is 0.418 e. The summed E-state index contributed by atoms with van der Waals surface area (Å²) >= 11 is 0. The monoisotopic (exact) mass is 290 g/mol. The second-order valence-electron chi connectivity index (χ2n) is 4.33. The van der Waals surface area contributed by atoms with Gasteiger partial charge in [0.05, 0.1) is 0 Å². The molecule has 2 rings (SSSR count). The number of rotatable bonds is 6. The number of hydrogen-bond donors (Lipinski definition) is 1. The highest BCUT2D eigenvalue weighted by Gasteiger charge is 2.15. The van der Waals surface area contributed by atoms with Crippen LogP contribution in [-0.4, -0.2) is 4.89 Å². The second kappa shape index (κ2) is 7.28. The van der Waals surface area contributed by atoms with Crippen molar-refractivity contribution in [2.45, 2.75) is 26.7 Å². The van der Waals surface area contributed by atoms with E-state index in [0.29, 0.717) is 11.5 Å². The Morgan fingerprint density at radius 2 is 1.65 bits per heavy atom. The Morgan fingerprint density at radius 1 is 0.900 bits per heavy atom. The minimum Gasteiger partial charge on any atom is -0.418 e. The van der Waals surface area contributed by atoms with Crippen molar-refractivity contribution in [1.82, 2.24) is 0 Å². The highest BCUT2D eigenvalue weighted by Crippen LogP contribution is 2.38. The van der Waals surface area contributed by atoms with Gasteiger partial charge in [-0.2, -0.15) is 0 Å². The molecule has 1 atom stereocenters. The summed E-state index contributed by atoms with van der Waals surface area (Å²) in [6.45, 7) is 4.19. The molecule has 1 N–H and O–H groups in total. The van der Waals surface area contributed by atoms with Crippen LogP contribution in [0.5, 0.6) is 11.5 Å². The molecule has 0 aliphatic rings. The summed E-state index contributed by atoms with van der Waals surface area (Å²) < 4.78 is 11.0. The van der Waals surface area contributed by atoms with Crippen molar-refractivity contribution in [3.05, 3.63) is 59.7 Å². The molecule has 0 aliphatic carbocycles. The second-order valence-corrected chi connectivity index (χ2v) is 5.18. The third kappa shape index (κ3) is 3.72. The van der Waals surface area contributed by atoms with Crippen molar-refractivity contribution in [3.63, 3.8) is 0 Å². The van der Waals surface area contributed by atoms with Gasteiger partial charge in [0.1, 0.15) is 11.5 Å². The van der Waals surface area contributed by atoms with Crippen LogP contribution in [0.3, 0.4) is 0 Å². The van der Waals surface area contributed by atoms with Gasteiger partial charge < -0.3 is 13.9 Å². The summed E-state index contributed by atoms with van der Waals surface area (Å²) in [5.41, 5.74) is 2.38. The summed E-state index contributed by atoms with van der Waals surface area (Å²) in [4.78, 5) is 9.96. The summed E-state index contributed by atoms with van der Waals surface area (Å²) in [7, 11) is -1.97. The first kappa shape index (κ1) is 14.8. The quantitative estimate of drug-likeness (QED) is 0.797. The molecule has 0 radical (unpaired) electrons. The van der Waals surface area contributed by atoms with Crippen LogP contribution < -0.4 is 9.05 Å². The molecular weight excluding hydrogens is 271 g/mol. The van der Waals surface area contributed by atoms with E-state index in [-0.39, 0.29) is 0 Å². The lowest BCUT2D eigenvalue weighted by atomic mass is 10.0. The van der Waals surface area contributed by atoms with Crippen LogP contribution in [0.4, 0.5) is 0 Å². The van der Waals surface area contributed by atoms with E-state index < -0.39 is 8.60 Å². The maximum absolute atomic E-state index is 9.96. The standard InChI is InChI=1S/C16H19O3P/c1-3-13-9-8-12-16(15(13)4-2)19-20(17)18-14-10-6-5-7-11-14/h5-12,17H,3-4H2,1-2H3. The van der Waals surface area contributed by atoms with Gasteiger partial charge in [-0.1, -0.05) is 44.2 Å². The van der Waals surface area contributed by atoms with Gasteiger partial charge in [-0.15, -0.1) is 0 Å². The average molecular weight is 290 g/mol. The van der Waals surface area contributed by atoms with Crippen molar-refractivity contribution in [1.29, 1.82) is 0 Å². The summed E-state index contributed by atoms with van der Waals surface area (Å²) in [5.74, 6) is 1.31. The normalized spacial score (nSPS) is 11.9. The molecule has 0 fully saturated rings. The minimum absolute atomic E-state index is 0.603. The number of para-hydroxylation sites is 1. The Balaban J connectivity index is 2.09. The maximum Gasteiger partial charge on any atom is 0.460 e. The van der Waals surface area contributed by atoms with Crippen LogP contribution in [0.2, 0.25) is 0 Å². The zero-order chi connectivity index (χ0) is 14.4. The molecule has 0 heterocycles. The van der Waals surface area contributed by atoms with Crippen molar-refractivity contribution >= 4 is 8.60 Å². The van der Waals surface area contributed by atoms with Crippen LogP contribution in [0.15, 0.2) is 48.5 Å².